The first kappa shape index (κ1) is 19.1. The predicted octanol–water partition coefficient (Wildman–Crippen LogP) is 3.69. The van der Waals surface area contributed by atoms with Crippen LogP contribution in [0.25, 0.3) is 0 Å². The van der Waals surface area contributed by atoms with Gasteiger partial charge in [0, 0.05) is 24.8 Å². The molecule has 1 amide bonds. The first-order valence-electron chi connectivity index (χ1n) is 10.5. The van der Waals surface area contributed by atoms with Crippen molar-refractivity contribution in [3.8, 4) is 0 Å². The molecule has 150 valence electrons. The summed E-state index contributed by atoms with van der Waals surface area (Å²) in [5.41, 5.74) is 3.27. The molecule has 2 aliphatic rings. The number of likely N-dealkylation sites (tertiary alicyclic amines) is 1. The van der Waals surface area contributed by atoms with E-state index in [0.717, 1.165) is 37.7 Å². The molecule has 0 bridgehead atoms. The van der Waals surface area contributed by atoms with Gasteiger partial charge in [-0.25, -0.2) is 0 Å². The van der Waals surface area contributed by atoms with Crippen molar-refractivity contribution in [2.24, 2.45) is 5.92 Å². The summed E-state index contributed by atoms with van der Waals surface area (Å²) < 4.78 is 5.71. The monoisotopic (exact) mass is 381 g/mol. The van der Waals surface area contributed by atoms with E-state index in [1.54, 1.807) is 12.3 Å². The van der Waals surface area contributed by atoms with E-state index in [-0.39, 0.29) is 5.91 Å². The Hall–Kier alpha value is -2.27. The fourth-order valence-electron chi connectivity index (χ4n) is 4.40. The molecule has 2 aromatic rings. The molecular formula is C23H31N3O2. The first-order chi connectivity index (χ1) is 13.6. The lowest BCUT2D eigenvalue weighted by Gasteiger charge is -2.30. The number of carbonyl (C=O) groups is 1. The third-order valence-corrected chi connectivity index (χ3v) is 6.24. The largest absolute Gasteiger partial charge is 0.467 e. The van der Waals surface area contributed by atoms with Crippen LogP contribution in [0.1, 0.15) is 48.4 Å². The Labute approximate surface area is 167 Å². The quantitative estimate of drug-likeness (QED) is 0.829. The smallest absolute Gasteiger partial charge is 0.254 e. The standard InChI is InChI=1S/C23H31N3O2/c1-17-7-11-25(12-8-17)13-10-24-23(27)20-9-14-28-22(20)16-26-18(2)15-19-5-3-4-6-21(19)26/h3-6,9,14,17-18H,7-8,10-13,15-16H2,1-2H3,(H,24,27). The van der Waals surface area contributed by atoms with Crippen molar-refractivity contribution < 1.29 is 9.21 Å². The number of para-hydroxylation sites is 1. The summed E-state index contributed by atoms with van der Waals surface area (Å²) in [4.78, 5) is 17.5. The van der Waals surface area contributed by atoms with Crippen molar-refractivity contribution in [3.05, 3.63) is 53.5 Å². The molecule has 1 fully saturated rings. The van der Waals surface area contributed by atoms with Gasteiger partial charge >= 0.3 is 0 Å². The number of hydrogen-bond acceptors (Lipinski definition) is 4. The third kappa shape index (κ3) is 4.09. The second kappa shape index (κ2) is 8.39. The van der Waals surface area contributed by atoms with Crippen LogP contribution in [-0.2, 0) is 13.0 Å². The maximum atomic E-state index is 12.7. The Kier molecular flexibility index (Phi) is 5.72. The van der Waals surface area contributed by atoms with Gasteiger partial charge in [0.2, 0.25) is 0 Å². The second-order valence-electron chi connectivity index (χ2n) is 8.35. The van der Waals surface area contributed by atoms with Crippen LogP contribution in [0.15, 0.2) is 41.0 Å². The van der Waals surface area contributed by atoms with E-state index in [2.05, 4.69) is 53.2 Å². The maximum absolute atomic E-state index is 12.7. The number of hydrogen-bond donors (Lipinski definition) is 1. The molecule has 0 radical (unpaired) electrons. The van der Waals surface area contributed by atoms with Gasteiger partial charge in [-0.15, -0.1) is 0 Å². The van der Waals surface area contributed by atoms with Gasteiger partial charge in [0.1, 0.15) is 5.76 Å². The molecule has 0 saturated carbocycles. The number of amides is 1. The number of carbonyl (C=O) groups excluding carboxylic acids is 1. The van der Waals surface area contributed by atoms with E-state index in [9.17, 15) is 4.79 Å². The molecule has 1 saturated heterocycles. The highest BCUT2D eigenvalue weighted by Gasteiger charge is 2.28. The predicted molar refractivity (Wildman–Crippen MR) is 112 cm³/mol. The molecule has 1 aromatic carbocycles. The van der Waals surface area contributed by atoms with E-state index >= 15 is 0 Å². The van der Waals surface area contributed by atoms with Gasteiger partial charge in [-0.05, 0) is 62.9 Å². The Morgan fingerprint density at radius 1 is 1.18 bits per heavy atom. The molecule has 5 nitrogen and oxygen atoms in total. The Morgan fingerprint density at radius 3 is 2.79 bits per heavy atom. The van der Waals surface area contributed by atoms with E-state index in [1.807, 2.05) is 0 Å². The number of benzene rings is 1. The summed E-state index contributed by atoms with van der Waals surface area (Å²) >= 11 is 0. The molecular weight excluding hydrogens is 350 g/mol. The summed E-state index contributed by atoms with van der Waals surface area (Å²) in [5.74, 6) is 1.54. The van der Waals surface area contributed by atoms with Crippen LogP contribution in [0.2, 0.25) is 0 Å². The molecule has 2 aliphatic heterocycles. The Bertz CT molecular complexity index is 808. The van der Waals surface area contributed by atoms with E-state index in [0.29, 0.717) is 24.7 Å². The lowest BCUT2D eigenvalue weighted by atomic mass is 9.99. The summed E-state index contributed by atoms with van der Waals surface area (Å²) in [5, 5.41) is 3.08. The SMILES string of the molecule is CC1CCN(CCNC(=O)c2ccoc2CN2c3ccccc3CC2C)CC1. The number of furan rings is 1. The molecule has 5 heteroatoms. The van der Waals surface area contributed by atoms with Crippen molar-refractivity contribution in [2.45, 2.75) is 45.7 Å². The number of anilines is 1. The van der Waals surface area contributed by atoms with Gasteiger partial charge in [0.25, 0.3) is 5.91 Å². The molecule has 0 spiro atoms. The lowest BCUT2D eigenvalue weighted by molar-refractivity contribution is 0.0942. The minimum Gasteiger partial charge on any atom is -0.467 e. The van der Waals surface area contributed by atoms with Crippen LogP contribution in [0.5, 0.6) is 0 Å². The normalized spacial score (nSPS) is 20.4. The highest BCUT2D eigenvalue weighted by Crippen LogP contribution is 2.33. The summed E-state index contributed by atoms with van der Waals surface area (Å²) in [6.07, 6.45) is 5.18. The zero-order valence-electron chi connectivity index (χ0n) is 17.0. The highest BCUT2D eigenvalue weighted by molar-refractivity contribution is 5.95. The number of fused-ring (bicyclic) bond motifs is 1. The fraction of sp³-hybridized carbons (Fsp3) is 0.522. The number of nitrogens with one attached hydrogen (secondary N) is 1. The van der Waals surface area contributed by atoms with Crippen LogP contribution in [0.4, 0.5) is 5.69 Å². The molecule has 1 N–H and O–H groups in total. The molecule has 1 aromatic heterocycles. The highest BCUT2D eigenvalue weighted by atomic mass is 16.3. The minimum absolute atomic E-state index is 0.0331. The number of nitrogens with zero attached hydrogens (tertiary/aromatic N) is 2. The van der Waals surface area contributed by atoms with Gasteiger partial charge in [-0.3, -0.25) is 4.79 Å². The van der Waals surface area contributed by atoms with E-state index in [1.165, 1.54) is 24.1 Å². The minimum atomic E-state index is -0.0331. The van der Waals surface area contributed by atoms with Gasteiger partial charge < -0.3 is 19.5 Å². The summed E-state index contributed by atoms with van der Waals surface area (Å²) in [6.45, 7) is 9.04. The zero-order chi connectivity index (χ0) is 19.5. The molecule has 4 rings (SSSR count). The third-order valence-electron chi connectivity index (χ3n) is 6.24. The average molecular weight is 382 g/mol. The maximum Gasteiger partial charge on any atom is 0.254 e. The van der Waals surface area contributed by atoms with Crippen LogP contribution in [0, 0.1) is 5.92 Å². The van der Waals surface area contributed by atoms with Crippen molar-refractivity contribution in [2.75, 3.05) is 31.1 Å². The molecule has 28 heavy (non-hydrogen) atoms. The van der Waals surface area contributed by atoms with Crippen molar-refractivity contribution in [1.82, 2.24) is 10.2 Å². The van der Waals surface area contributed by atoms with Gasteiger partial charge in [-0.1, -0.05) is 25.1 Å². The molecule has 3 heterocycles. The van der Waals surface area contributed by atoms with Gasteiger partial charge in [-0.2, -0.15) is 0 Å². The topological polar surface area (TPSA) is 48.7 Å². The second-order valence-corrected chi connectivity index (χ2v) is 8.35. The van der Waals surface area contributed by atoms with Gasteiger partial charge in [0.15, 0.2) is 0 Å². The summed E-state index contributed by atoms with van der Waals surface area (Å²) in [7, 11) is 0. The Morgan fingerprint density at radius 2 is 1.96 bits per heavy atom. The van der Waals surface area contributed by atoms with Crippen LogP contribution >= 0.6 is 0 Å². The zero-order valence-corrected chi connectivity index (χ0v) is 17.0. The molecule has 1 unspecified atom stereocenters. The summed E-state index contributed by atoms with van der Waals surface area (Å²) in [6, 6.07) is 10.7. The van der Waals surface area contributed by atoms with Gasteiger partial charge in [0.05, 0.1) is 18.4 Å². The number of piperidine rings is 1. The van der Waals surface area contributed by atoms with Crippen LogP contribution in [-0.4, -0.2) is 43.0 Å². The van der Waals surface area contributed by atoms with E-state index in [4.69, 9.17) is 4.42 Å². The van der Waals surface area contributed by atoms with Crippen LogP contribution in [0.3, 0.4) is 0 Å². The average Bonchev–Trinajstić information content (AvgIpc) is 3.28. The lowest BCUT2D eigenvalue weighted by Crippen LogP contribution is -2.39. The van der Waals surface area contributed by atoms with Crippen molar-refractivity contribution >= 4 is 11.6 Å². The Balaban J connectivity index is 1.34. The van der Waals surface area contributed by atoms with Crippen LogP contribution < -0.4 is 10.2 Å². The van der Waals surface area contributed by atoms with Crippen molar-refractivity contribution in [1.29, 1.82) is 0 Å². The fourth-order valence-corrected chi connectivity index (χ4v) is 4.40. The van der Waals surface area contributed by atoms with Crippen molar-refractivity contribution in [3.63, 3.8) is 0 Å². The van der Waals surface area contributed by atoms with E-state index < -0.39 is 0 Å². The first-order valence-corrected chi connectivity index (χ1v) is 10.5. The molecule has 1 atom stereocenters. The molecule has 0 aliphatic carbocycles. The number of rotatable bonds is 6.